The van der Waals surface area contributed by atoms with Crippen molar-refractivity contribution in [1.82, 2.24) is 18.9 Å². The molecule has 1 fully saturated rings. The molecule has 194 valence electrons. The second-order valence-corrected chi connectivity index (χ2v) is 11.3. The van der Waals surface area contributed by atoms with Gasteiger partial charge in [-0.1, -0.05) is 28.4 Å². The van der Waals surface area contributed by atoms with Crippen LogP contribution < -0.4 is 0 Å². The number of hydrogen-bond donors (Lipinski definition) is 0. The van der Waals surface area contributed by atoms with Crippen molar-refractivity contribution in [3.05, 3.63) is 68.4 Å². The number of non-ortho nitro benzene ring substituents is 1. The summed E-state index contributed by atoms with van der Waals surface area (Å²) in [6.07, 6.45) is 8.99. The number of benzene rings is 1. The second kappa shape index (κ2) is 12.1. The standard InChI is InChI=1S/C23H27BrN6O4S.ClH/c1-18-6-7-21(30(31)32)15-23(18)35(33,34)29(12-5-11-27-9-3-2-4-10-27)26-17-19-16-25-28-13-8-20(24)14-22(19)28;/h6-8,13-17H,2-5,9-12H2,1H3;1H. The Kier molecular flexibility index (Phi) is 9.45. The Hall–Kier alpha value is -2.54. The predicted molar refractivity (Wildman–Crippen MR) is 144 cm³/mol. The fourth-order valence-corrected chi connectivity index (χ4v) is 5.99. The van der Waals surface area contributed by atoms with Crippen LogP contribution in [0.5, 0.6) is 0 Å². The average Bonchev–Trinajstić information content (AvgIpc) is 3.23. The number of nitro groups is 1. The Morgan fingerprint density at radius 3 is 2.69 bits per heavy atom. The first-order valence-corrected chi connectivity index (χ1v) is 13.7. The molecule has 1 aromatic carbocycles. The molecule has 36 heavy (non-hydrogen) atoms. The van der Waals surface area contributed by atoms with E-state index in [2.05, 4.69) is 31.0 Å². The van der Waals surface area contributed by atoms with Gasteiger partial charge in [0.2, 0.25) is 0 Å². The minimum Gasteiger partial charge on any atom is -0.303 e. The summed E-state index contributed by atoms with van der Waals surface area (Å²) in [5, 5.41) is 19.9. The van der Waals surface area contributed by atoms with Gasteiger partial charge in [-0.2, -0.15) is 23.0 Å². The highest BCUT2D eigenvalue weighted by atomic mass is 79.9. The van der Waals surface area contributed by atoms with Crippen molar-refractivity contribution in [2.24, 2.45) is 5.10 Å². The third-order valence-corrected chi connectivity index (χ3v) is 8.37. The molecule has 3 aromatic rings. The molecule has 2 aromatic heterocycles. The molecule has 0 unspecified atom stereocenters. The van der Waals surface area contributed by atoms with Crippen LogP contribution in [0, 0.1) is 17.0 Å². The van der Waals surface area contributed by atoms with Crippen molar-refractivity contribution in [3.63, 3.8) is 0 Å². The quantitative estimate of drug-likeness (QED) is 0.201. The highest BCUT2D eigenvalue weighted by molar-refractivity contribution is 9.10. The molecule has 0 amide bonds. The van der Waals surface area contributed by atoms with E-state index in [4.69, 9.17) is 0 Å². The number of rotatable bonds is 9. The van der Waals surface area contributed by atoms with E-state index < -0.39 is 14.9 Å². The van der Waals surface area contributed by atoms with Gasteiger partial charge in [0.1, 0.15) is 0 Å². The number of hydrogen-bond acceptors (Lipinski definition) is 7. The molecule has 1 saturated heterocycles. The van der Waals surface area contributed by atoms with E-state index in [1.54, 1.807) is 23.8 Å². The molecule has 0 N–H and O–H groups in total. The number of nitro benzene ring substituents is 1. The van der Waals surface area contributed by atoms with Crippen LogP contribution in [-0.2, 0) is 10.0 Å². The van der Waals surface area contributed by atoms with E-state index >= 15 is 0 Å². The molecule has 0 atom stereocenters. The number of aromatic nitrogens is 2. The maximum Gasteiger partial charge on any atom is 0.279 e. The van der Waals surface area contributed by atoms with E-state index in [9.17, 15) is 18.5 Å². The number of halogens is 2. The molecule has 10 nitrogen and oxygen atoms in total. The van der Waals surface area contributed by atoms with Crippen LogP contribution in [0.2, 0.25) is 0 Å². The zero-order valence-electron chi connectivity index (χ0n) is 19.8. The van der Waals surface area contributed by atoms with Crippen LogP contribution in [0.3, 0.4) is 0 Å². The van der Waals surface area contributed by atoms with Gasteiger partial charge in [-0.05, 0) is 63.5 Å². The van der Waals surface area contributed by atoms with E-state index in [0.717, 1.165) is 52.9 Å². The summed E-state index contributed by atoms with van der Waals surface area (Å²) in [5.74, 6) is 0. The van der Waals surface area contributed by atoms with Crippen LogP contribution in [0.4, 0.5) is 5.69 Å². The molecule has 4 rings (SSSR count). The highest BCUT2D eigenvalue weighted by Crippen LogP contribution is 2.26. The lowest BCUT2D eigenvalue weighted by Crippen LogP contribution is -2.34. The second-order valence-electron chi connectivity index (χ2n) is 8.53. The molecule has 13 heteroatoms. The number of fused-ring (bicyclic) bond motifs is 1. The number of piperidine rings is 1. The summed E-state index contributed by atoms with van der Waals surface area (Å²) >= 11 is 3.44. The summed E-state index contributed by atoms with van der Waals surface area (Å²) in [5.41, 5.74) is 1.56. The zero-order chi connectivity index (χ0) is 25.0. The molecule has 1 aliphatic heterocycles. The first-order chi connectivity index (χ1) is 16.8. The summed E-state index contributed by atoms with van der Waals surface area (Å²) < 4.78 is 30.8. The van der Waals surface area contributed by atoms with Crippen molar-refractivity contribution >= 4 is 55.8 Å². The summed E-state index contributed by atoms with van der Waals surface area (Å²) in [7, 11) is -4.13. The Labute approximate surface area is 224 Å². The van der Waals surface area contributed by atoms with E-state index in [1.807, 2.05) is 12.1 Å². The molecule has 3 heterocycles. The molecular weight excluding hydrogens is 572 g/mol. The van der Waals surface area contributed by atoms with Crippen molar-refractivity contribution in [2.75, 3.05) is 26.2 Å². The zero-order valence-corrected chi connectivity index (χ0v) is 23.0. The highest BCUT2D eigenvalue weighted by Gasteiger charge is 2.27. The third kappa shape index (κ3) is 6.41. The molecule has 0 bridgehead atoms. The molecule has 0 aliphatic carbocycles. The molecular formula is C23H28BrClN6O4S. The van der Waals surface area contributed by atoms with Gasteiger partial charge in [-0.25, -0.2) is 4.52 Å². The average molecular weight is 600 g/mol. The van der Waals surface area contributed by atoms with Crippen molar-refractivity contribution in [3.8, 4) is 0 Å². The topological polar surface area (TPSA) is 113 Å². The van der Waals surface area contributed by atoms with E-state index in [0.29, 0.717) is 17.5 Å². The fraction of sp³-hybridized carbons (Fsp3) is 0.391. The maximum absolute atomic E-state index is 13.6. The smallest absolute Gasteiger partial charge is 0.279 e. The SMILES string of the molecule is Cc1ccc([N+](=O)[O-])cc1S(=O)(=O)N(CCCN1CCCCC1)N=Cc1cnn2ccc(Br)cc12.Cl. The third-order valence-electron chi connectivity index (χ3n) is 6.05. The van der Waals surface area contributed by atoms with Gasteiger partial charge in [0, 0.05) is 28.4 Å². The number of pyridine rings is 1. The fourth-order valence-electron chi connectivity index (χ4n) is 4.15. The number of likely N-dealkylation sites (tertiary alicyclic amines) is 1. The van der Waals surface area contributed by atoms with E-state index in [-0.39, 0.29) is 29.5 Å². The van der Waals surface area contributed by atoms with Gasteiger partial charge in [-0.3, -0.25) is 10.1 Å². The Morgan fingerprint density at radius 1 is 1.22 bits per heavy atom. The van der Waals surface area contributed by atoms with Crippen molar-refractivity contribution in [2.45, 2.75) is 37.5 Å². The lowest BCUT2D eigenvalue weighted by Gasteiger charge is -2.27. The van der Waals surface area contributed by atoms with Gasteiger partial charge in [0.15, 0.2) is 0 Å². The van der Waals surface area contributed by atoms with Crippen LogP contribution in [0.1, 0.15) is 36.8 Å². The monoisotopic (exact) mass is 598 g/mol. The first-order valence-electron chi connectivity index (χ1n) is 11.4. The lowest BCUT2D eigenvalue weighted by atomic mass is 10.1. The van der Waals surface area contributed by atoms with Crippen LogP contribution in [-0.4, -0.2) is 64.7 Å². The molecule has 0 saturated carbocycles. The summed E-state index contributed by atoms with van der Waals surface area (Å²) in [6.45, 7) is 4.56. The van der Waals surface area contributed by atoms with Crippen molar-refractivity contribution in [1.29, 1.82) is 0 Å². The molecule has 1 aliphatic rings. The number of hydrazone groups is 1. The van der Waals surface area contributed by atoms with Crippen LogP contribution >= 0.6 is 28.3 Å². The lowest BCUT2D eigenvalue weighted by molar-refractivity contribution is -0.385. The normalized spacial score (nSPS) is 14.7. The van der Waals surface area contributed by atoms with Gasteiger partial charge in [0.25, 0.3) is 15.7 Å². The van der Waals surface area contributed by atoms with Gasteiger partial charge < -0.3 is 4.90 Å². The Balaban J connectivity index is 0.00000361. The minimum absolute atomic E-state index is 0. The number of aryl methyl sites for hydroxylation is 1. The van der Waals surface area contributed by atoms with Crippen LogP contribution in [0.25, 0.3) is 5.52 Å². The summed E-state index contributed by atoms with van der Waals surface area (Å²) in [6, 6.07) is 7.57. The minimum atomic E-state index is -4.13. The van der Waals surface area contributed by atoms with Crippen LogP contribution in [0.15, 0.2) is 57.2 Å². The number of nitrogens with zero attached hydrogens (tertiary/aromatic N) is 6. The van der Waals surface area contributed by atoms with Gasteiger partial charge in [0.05, 0.1) is 34.3 Å². The van der Waals surface area contributed by atoms with Crippen molar-refractivity contribution < 1.29 is 13.3 Å². The van der Waals surface area contributed by atoms with Gasteiger partial charge >= 0.3 is 0 Å². The Bertz CT molecular complexity index is 1360. The predicted octanol–water partition coefficient (Wildman–Crippen LogP) is 4.64. The first kappa shape index (κ1) is 28.0. The van der Waals surface area contributed by atoms with Gasteiger partial charge in [-0.15, -0.1) is 12.4 Å². The number of sulfonamides is 1. The van der Waals surface area contributed by atoms with E-state index in [1.165, 1.54) is 24.8 Å². The molecule has 0 radical (unpaired) electrons. The maximum atomic E-state index is 13.6. The largest absolute Gasteiger partial charge is 0.303 e. The summed E-state index contributed by atoms with van der Waals surface area (Å²) in [4.78, 5) is 12.9. The Morgan fingerprint density at radius 2 is 1.97 bits per heavy atom. The molecule has 0 spiro atoms.